The van der Waals surface area contributed by atoms with Gasteiger partial charge in [-0.15, -0.1) is 5.10 Å². The fraction of sp³-hybridized carbons (Fsp3) is 0.263. The molecule has 2 N–H and O–H groups in total. The summed E-state index contributed by atoms with van der Waals surface area (Å²) in [5.41, 5.74) is 9.21. The molecule has 2 aromatic carbocycles. The zero-order chi connectivity index (χ0) is 17.0. The number of hydrogen-bond donors (Lipinski definition) is 1. The summed E-state index contributed by atoms with van der Waals surface area (Å²) in [5.74, 6) is 0.790. The van der Waals surface area contributed by atoms with Crippen LogP contribution in [0.25, 0.3) is 0 Å². The normalized spacial score (nSPS) is 12.0. The lowest BCUT2D eigenvalue weighted by Crippen LogP contribution is -2.06. The second kappa shape index (κ2) is 10.6. The molecule has 0 saturated carbocycles. The number of ether oxygens (including phenoxy) is 1. The lowest BCUT2D eigenvalue weighted by atomic mass is 10.1. The predicted molar refractivity (Wildman–Crippen MR) is 103 cm³/mol. The van der Waals surface area contributed by atoms with Crippen LogP contribution in [-0.2, 0) is 17.1 Å². The van der Waals surface area contributed by atoms with Crippen LogP contribution < -0.4 is 5.73 Å². The minimum absolute atomic E-state index is 0.458. The van der Waals surface area contributed by atoms with E-state index in [9.17, 15) is 0 Å². The molecule has 0 aliphatic carbocycles. The van der Waals surface area contributed by atoms with Crippen LogP contribution in [0, 0.1) is 0 Å². The van der Waals surface area contributed by atoms with Crippen molar-refractivity contribution >= 4 is 23.1 Å². The van der Waals surface area contributed by atoms with Crippen LogP contribution in [0.4, 0.5) is 0 Å². The predicted octanol–water partition coefficient (Wildman–Crippen LogP) is 4.20. The Morgan fingerprint density at radius 1 is 1.08 bits per heavy atom. The van der Waals surface area contributed by atoms with Gasteiger partial charge in [-0.25, -0.2) is 0 Å². The molecule has 0 bridgehead atoms. The molecule has 0 aliphatic heterocycles. The van der Waals surface area contributed by atoms with Gasteiger partial charge in [0.1, 0.15) is 0 Å². The number of nitrogens with two attached hydrogens (primary N) is 1. The molecule has 5 heteroatoms. The van der Waals surface area contributed by atoms with Crippen molar-refractivity contribution < 1.29 is 4.74 Å². The van der Waals surface area contributed by atoms with Crippen molar-refractivity contribution in [2.45, 2.75) is 25.7 Å². The van der Waals surface area contributed by atoms with E-state index in [0.29, 0.717) is 11.8 Å². The maximum atomic E-state index is 5.86. The molecular weight excluding hydrogens is 318 g/mol. The van der Waals surface area contributed by atoms with Gasteiger partial charge in [0.05, 0.1) is 12.8 Å². The molecule has 0 unspecified atom stereocenters. The minimum atomic E-state index is 0.458. The first kappa shape index (κ1) is 18.2. The third-order valence-electron chi connectivity index (χ3n) is 3.19. The summed E-state index contributed by atoms with van der Waals surface area (Å²) < 4.78 is 5.51. The molecule has 0 atom stereocenters. The van der Waals surface area contributed by atoms with E-state index in [1.807, 2.05) is 42.5 Å². The van der Waals surface area contributed by atoms with Crippen LogP contribution in [-0.4, -0.2) is 18.0 Å². The Bertz CT molecular complexity index is 654. The highest BCUT2D eigenvalue weighted by atomic mass is 32.2. The third-order valence-corrected chi connectivity index (χ3v) is 4.04. The molecule has 4 nitrogen and oxygen atoms in total. The van der Waals surface area contributed by atoms with Crippen molar-refractivity contribution in [1.82, 2.24) is 0 Å². The lowest BCUT2D eigenvalue weighted by molar-refractivity contribution is 0.121. The Morgan fingerprint density at radius 3 is 2.54 bits per heavy atom. The highest BCUT2D eigenvalue weighted by molar-refractivity contribution is 8.13. The number of amidine groups is 1. The van der Waals surface area contributed by atoms with E-state index in [4.69, 9.17) is 10.5 Å². The number of rotatable bonds is 8. The first-order chi connectivity index (χ1) is 11.8. The largest absolute Gasteiger partial charge is 0.377 e. The van der Waals surface area contributed by atoms with E-state index in [0.717, 1.165) is 29.9 Å². The molecular formula is C19H23N3OS. The fourth-order valence-electron chi connectivity index (χ4n) is 1.95. The summed E-state index contributed by atoms with van der Waals surface area (Å²) in [6.45, 7) is 3.54. The molecule has 0 radical (unpaired) electrons. The maximum absolute atomic E-state index is 5.86. The SMILES string of the molecule is CCCOCc1ccc(C=NN=C(N)SCc2ccccc2)cc1. The number of thioether (sulfide) groups is 1. The van der Waals surface area contributed by atoms with Crippen molar-refractivity contribution in [3.63, 3.8) is 0 Å². The quantitative estimate of drug-likeness (QED) is 0.339. The molecule has 0 spiro atoms. The molecule has 0 fully saturated rings. The average molecular weight is 341 g/mol. The van der Waals surface area contributed by atoms with E-state index in [1.165, 1.54) is 17.3 Å². The first-order valence-electron chi connectivity index (χ1n) is 7.98. The van der Waals surface area contributed by atoms with E-state index in [-0.39, 0.29) is 0 Å². The van der Waals surface area contributed by atoms with Crippen LogP contribution in [0.2, 0.25) is 0 Å². The molecule has 0 aliphatic rings. The van der Waals surface area contributed by atoms with Gasteiger partial charge in [0.15, 0.2) is 5.17 Å². The van der Waals surface area contributed by atoms with Crippen LogP contribution >= 0.6 is 11.8 Å². The molecule has 24 heavy (non-hydrogen) atoms. The molecule has 0 saturated heterocycles. The van der Waals surface area contributed by atoms with Gasteiger partial charge in [-0.1, -0.05) is 73.3 Å². The maximum Gasteiger partial charge on any atom is 0.180 e. The highest BCUT2D eigenvalue weighted by Gasteiger charge is 1.96. The van der Waals surface area contributed by atoms with Crippen molar-refractivity contribution in [3.05, 3.63) is 71.3 Å². The summed E-state index contributed by atoms with van der Waals surface area (Å²) >= 11 is 1.48. The van der Waals surface area contributed by atoms with E-state index in [2.05, 4.69) is 29.3 Å². The second-order valence-corrected chi connectivity index (χ2v) is 6.25. The molecule has 126 valence electrons. The zero-order valence-electron chi connectivity index (χ0n) is 13.9. The molecule has 2 rings (SSSR count). The van der Waals surface area contributed by atoms with Gasteiger partial charge in [-0.2, -0.15) is 5.10 Å². The lowest BCUT2D eigenvalue weighted by Gasteiger charge is -2.02. The Kier molecular flexibility index (Phi) is 8.07. The number of nitrogens with zero attached hydrogens (tertiary/aromatic N) is 2. The molecule has 0 aromatic heterocycles. The van der Waals surface area contributed by atoms with Crippen molar-refractivity contribution in [3.8, 4) is 0 Å². The minimum Gasteiger partial charge on any atom is -0.377 e. The first-order valence-corrected chi connectivity index (χ1v) is 8.96. The summed E-state index contributed by atoms with van der Waals surface area (Å²) in [6, 6.07) is 18.2. The highest BCUT2D eigenvalue weighted by Crippen LogP contribution is 2.11. The van der Waals surface area contributed by atoms with Gasteiger partial charge in [0.2, 0.25) is 0 Å². The van der Waals surface area contributed by atoms with E-state index >= 15 is 0 Å². The van der Waals surface area contributed by atoms with Gasteiger partial charge in [0, 0.05) is 12.4 Å². The summed E-state index contributed by atoms with van der Waals surface area (Å²) in [6.07, 6.45) is 2.74. The Labute approximate surface area is 147 Å². The van der Waals surface area contributed by atoms with Crippen molar-refractivity contribution in [1.29, 1.82) is 0 Å². The second-order valence-electron chi connectivity index (χ2n) is 5.25. The average Bonchev–Trinajstić information content (AvgIpc) is 2.62. The summed E-state index contributed by atoms with van der Waals surface area (Å²) in [5, 5.41) is 8.52. The Morgan fingerprint density at radius 2 is 1.83 bits per heavy atom. The Hall–Kier alpha value is -2.11. The zero-order valence-corrected chi connectivity index (χ0v) is 14.7. The summed E-state index contributed by atoms with van der Waals surface area (Å²) in [4.78, 5) is 0. The smallest absolute Gasteiger partial charge is 0.180 e. The monoisotopic (exact) mass is 341 g/mol. The van der Waals surface area contributed by atoms with Crippen LogP contribution in [0.3, 0.4) is 0 Å². The number of benzene rings is 2. The van der Waals surface area contributed by atoms with E-state index in [1.54, 1.807) is 6.21 Å². The third kappa shape index (κ3) is 6.98. The van der Waals surface area contributed by atoms with Gasteiger partial charge < -0.3 is 10.5 Å². The van der Waals surface area contributed by atoms with Gasteiger partial charge in [0.25, 0.3) is 0 Å². The molecule has 0 heterocycles. The topological polar surface area (TPSA) is 60.0 Å². The molecule has 0 amide bonds. The van der Waals surface area contributed by atoms with Gasteiger partial charge in [-0.05, 0) is 23.1 Å². The number of hydrogen-bond acceptors (Lipinski definition) is 4. The molecule has 2 aromatic rings. The van der Waals surface area contributed by atoms with Crippen LogP contribution in [0.15, 0.2) is 64.8 Å². The Balaban J connectivity index is 1.79. The van der Waals surface area contributed by atoms with Crippen LogP contribution in [0.5, 0.6) is 0 Å². The van der Waals surface area contributed by atoms with Crippen molar-refractivity contribution in [2.75, 3.05) is 6.61 Å². The standard InChI is InChI=1S/C19H23N3OS/c1-2-12-23-14-17-10-8-16(9-11-17)13-21-22-19(20)24-15-18-6-4-3-5-7-18/h3-11,13H,2,12,14-15H2,1H3,(H2,20,22). The fourth-order valence-corrected chi connectivity index (χ4v) is 2.56. The van der Waals surface area contributed by atoms with Gasteiger partial charge >= 0.3 is 0 Å². The van der Waals surface area contributed by atoms with Crippen molar-refractivity contribution in [2.24, 2.45) is 15.9 Å². The van der Waals surface area contributed by atoms with Crippen LogP contribution in [0.1, 0.15) is 30.0 Å². The van der Waals surface area contributed by atoms with E-state index < -0.39 is 0 Å². The summed E-state index contributed by atoms with van der Waals surface area (Å²) in [7, 11) is 0. The van der Waals surface area contributed by atoms with Gasteiger partial charge in [-0.3, -0.25) is 0 Å².